The van der Waals surface area contributed by atoms with E-state index in [1.54, 1.807) is 12.4 Å². The van der Waals surface area contributed by atoms with E-state index in [9.17, 15) is 9.59 Å². The maximum Gasteiger partial charge on any atom is 0.341 e. The van der Waals surface area contributed by atoms with Gasteiger partial charge in [-0.15, -0.1) is 0 Å². The van der Waals surface area contributed by atoms with Crippen molar-refractivity contribution in [1.82, 2.24) is 20.3 Å². The molecule has 0 spiro atoms. The largest absolute Gasteiger partial charge is 0.479 e. The summed E-state index contributed by atoms with van der Waals surface area (Å²) in [4.78, 5) is 33.9. The van der Waals surface area contributed by atoms with Crippen molar-refractivity contribution in [3.8, 4) is 0 Å². The summed E-state index contributed by atoms with van der Waals surface area (Å²) in [7, 11) is 1.53. The number of amides is 2. The number of nitrogens with one attached hydrogen (secondary N) is 2. The first kappa shape index (κ1) is 12.0. The lowest BCUT2D eigenvalue weighted by atomic mass is 10.5. The van der Waals surface area contributed by atoms with Crippen LogP contribution in [-0.2, 0) is 16.2 Å². The Morgan fingerprint density at radius 1 is 1.69 bits per heavy atom. The third-order valence-electron chi connectivity index (χ3n) is 1.64. The molecule has 1 heterocycles. The molecule has 2 amide bonds. The van der Waals surface area contributed by atoms with E-state index in [1.165, 1.54) is 11.9 Å². The molecule has 8 nitrogen and oxygen atoms in total. The number of nitrogens with zero attached hydrogens (tertiary/aromatic N) is 2. The van der Waals surface area contributed by atoms with Gasteiger partial charge in [-0.3, -0.25) is 4.84 Å². The van der Waals surface area contributed by atoms with Crippen LogP contribution in [0.2, 0.25) is 0 Å². The van der Waals surface area contributed by atoms with Crippen molar-refractivity contribution in [2.45, 2.75) is 6.54 Å². The first-order chi connectivity index (χ1) is 7.59. The number of carboxylic acids is 1. The topological polar surface area (TPSA) is 108 Å². The van der Waals surface area contributed by atoms with E-state index in [-0.39, 0.29) is 6.54 Å². The number of aromatic amines is 1. The Morgan fingerprint density at radius 3 is 3.00 bits per heavy atom. The van der Waals surface area contributed by atoms with Crippen molar-refractivity contribution in [2.75, 3.05) is 13.7 Å². The van der Waals surface area contributed by atoms with E-state index in [0.29, 0.717) is 5.82 Å². The summed E-state index contributed by atoms with van der Waals surface area (Å²) in [6.07, 6.45) is 3.21. The third kappa shape index (κ3) is 3.96. The zero-order valence-electron chi connectivity index (χ0n) is 8.64. The van der Waals surface area contributed by atoms with Gasteiger partial charge in [0.15, 0.2) is 6.61 Å². The lowest BCUT2D eigenvalue weighted by Gasteiger charge is -2.15. The zero-order valence-corrected chi connectivity index (χ0v) is 8.64. The van der Waals surface area contributed by atoms with Crippen molar-refractivity contribution in [3.05, 3.63) is 18.2 Å². The van der Waals surface area contributed by atoms with Gasteiger partial charge in [0.25, 0.3) is 0 Å². The van der Waals surface area contributed by atoms with E-state index in [4.69, 9.17) is 5.11 Å². The highest BCUT2D eigenvalue weighted by molar-refractivity contribution is 5.73. The molecule has 0 aliphatic heterocycles. The fraction of sp³-hybridized carbons (Fsp3) is 0.375. The fourth-order valence-electron chi connectivity index (χ4n) is 0.918. The number of H-pyrrole nitrogens is 1. The Balaban J connectivity index is 2.28. The van der Waals surface area contributed by atoms with Crippen molar-refractivity contribution < 1.29 is 19.5 Å². The predicted molar refractivity (Wildman–Crippen MR) is 52.2 cm³/mol. The van der Waals surface area contributed by atoms with Crippen LogP contribution in [0.1, 0.15) is 5.82 Å². The Labute approximate surface area is 91.2 Å². The summed E-state index contributed by atoms with van der Waals surface area (Å²) in [6, 6.07) is -0.544. The second kappa shape index (κ2) is 5.71. The molecule has 16 heavy (non-hydrogen) atoms. The van der Waals surface area contributed by atoms with E-state index >= 15 is 0 Å². The second-order valence-electron chi connectivity index (χ2n) is 2.98. The molecule has 0 fully saturated rings. The van der Waals surface area contributed by atoms with Crippen molar-refractivity contribution >= 4 is 12.0 Å². The second-order valence-corrected chi connectivity index (χ2v) is 2.98. The quantitative estimate of drug-likeness (QED) is 0.592. The van der Waals surface area contributed by atoms with Gasteiger partial charge in [0, 0.05) is 19.4 Å². The standard InChI is InChI=1S/C8H12N4O4/c1-12(4-6-9-2-3-10-6)8(15)11-16-5-7(13)14/h2-3H,4-5H2,1H3,(H,9,10)(H,11,15)(H,13,14). The van der Waals surface area contributed by atoms with Crippen LogP contribution >= 0.6 is 0 Å². The molecule has 1 aromatic rings. The maximum atomic E-state index is 11.3. The normalized spacial score (nSPS) is 9.81. The number of carboxylic acid groups (broad SMARTS) is 1. The SMILES string of the molecule is CN(Cc1ncc[nH]1)C(=O)NOCC(=O)O. The zero-order chi connectivity index (χ0) is 12.0. The third-order valence-corrected chi connectivity index (χ3v) is 1.64. The molecule has 0 saturated heterocycles. The molecule has 0 aliphatic carbocycles. The molecular formula is C8H12N4O4. The molecule has 0 aromatic carbocycles. The molecule has 0 aliphatic rings. The first-order valence-electron chi connectivity index (χ1n) is 4.42. The predicted octanol–water partition coefficient (Wildman–Crippen LogP) is -0.433. The summed E-state index contributed by atoms with van der Waals surface area (Å²) in [6.45, 7) is -0.310. The minimum atomic E-state index is -1.16. The number of aromatic nitrogens is 2. The number of rotatable bonds is 5. The summed E-state index contributed by atoms with van der Waals surface area (Å²) < 4.78 is 0. The van der Waals surface area contributed by atoms with Gasteiger partial charge in [-0.2, -0.15) is 0 Å². The lowest BCUT2D eigenvalue weighted by Crippen LogP contribution is -2.37. The first-order valence-corrected chi connectivity index (χ1v) is 4.42. The molecule has 3 N–H and O–H groups in total. The molecule has 88 valence electrons. The molecule has 0 bridgehead atoms. The molecule has 1 rings (SSSR count). The molecule has 0 atom stereocenters. The van der Waals surface area contributed by atoms with Gasteiger partial charge < -0.3 is 15.0 Å². The van der Waals surface area contributed by atoms with Crippen LogP contribution in [0.5, 0.6) is 0 Å². The number of aliphatic carboxylic acids is 1. The van der Waals surface area contributed by atoms with Crippen LogP contribution in [0.3, 0.4) is 0 Å². The van der Waals surface area contributed by atoms with E-state index in [1.807, 2.05) is 5.48 Å². The summed E-state index contributed by atoms with van der Waals surface area (Å²) >= 11 is 0. The van der Waals surface area contributed by atoms with Gasteiger partial charge >= 0.3 is 12.0 Å². The van der Waals surface area contributed by atoms with Gasteiger partial charge in [-0.1, -0.05) is 0 Å². The molecule has 1 aromatic heterocycles. The Morgan fingerprint density at radius 2 is 2.44 bits per heavy atom. The lowest BCUT2D eigenvalue weighted by molar-refractivity contribution is -0.144. The molecule has 0 radical (unpaired) electrons. The summed E-state index contributed by atoms with van der Waals surface area (Å²) in [5.74, 6) is -0.537. The Bertz CT molecular complexity index is 351. The van der Waals surface area contributed by atoms with Gasteiger partial charge in [0.2, 0.25) is 0 Å². The maximum absolute atomic E-state index is 11.3. The van der Waals surface area contributed by atoms with Gasteiger partial charge in [-0.25, -0.2) is 20.1 Å². The number of carbonyl (C=O) groups is 2. The van der Waals surface area contributed by atoms with Crippen LogP contribution in [0.25, 0.3) is 0 Å². The van der Waals surface area contributed by atoms with Crippen LogP contribution in [0, 0.1) is 0 Å². The van der Waals surface area contributed by atoms with E-state index in [0.717, 1.165) is 0 Å². The van der Waals surface area contributed by atoms with Gasteiger partial charge in [-0.05, 0) is 0 Å². The number of imidazole rings is 1. The highest BCUT2D eigenvalue weighted by Gasteiger charge is 2.10. The highest BCUT2D eigenvalue weighted by atomic mass is 16.7. The minimum absolute atomic E-state index is 0.273. The fourth-order valence-corrected chi connectivity index (χ4v) is 0.918. The molecule has 0 saturated carbocycles. The average Bonchev–Trinajstić information content (AvgIpc) is 2.69. The Kier molecular flexibility index (Phi) is 4.28. The number of hydrogen-bond acceptors (Lipinski definition) is 4. The van der Waals surface area contributed by atoms with Crippen LogP contribution < -0.4 is 5.48 Å². The van der Waals surface area contributed by atoms with Gasteiger partial charge in [0.05, 0.1) is 6.54 Å². The molecule has 8 heteroatoms. The summed E-state index contributed by atoms with van der Waals surface area (Å²) in [5, 5.41) is 8.27. The number of hydrogen-bond donors (Lipinski definition) is 3. The average molecular weight is 228 g/mol. The highest BCUT2D eigenvalue weighted by Crippen LogP contribution is 1.95. The number of carbonyl (C=O) groups excluding carboxylic acids is 1. The van der Waals surface area contributed by atoms with Crippen LogP contribution in [-0.4, -0.2) is 45.6 Å². The van der Waals surface area contributed by atoms with Crippen molar-refractivity contribution in [1.29, 1.82) is 0 Å². The van der Waals surface area contributed by atoms with E-state index in [2.05, 4.69) is 14.8 Å². The van der Waals surface area contributed by atoms with E-state index < -0.39 is 18.6 Å². The summed E-state index contributed by atoms with van der Waals surface area (Å²) in [5.41, 5.74) is 1.99. The van der Waals surface area contributed by atoms with Crippen LogP contribution in [0.4, 0.5) is 4.79 Å². The Hall–Kier alpha value is -2.09. The van der Waals surface area contributed by atoms with Crippen molar-refractivity contribution in [2.24, 2.45) is 0 Å². The molecular weight excluding hydrogens is 216 g/mol. The van der Waals surface area contributed by atoms with Gasteiger partial charge in [0.1, 0.15) is 5.82 Å². The number of hydroxylamine groups is 1. The van der Waals surface area contributed by atoms with Crippen molar-refractivity contribution in [3.63, 3.8) is 0 Å². The molecule has 0 unspecified atom stereocenters. The van der Waals surface area contributed by atoms with Crippen LogP contribution in [0.15, 0.2) is 12.4 Å². The number of urea groups is 1. The monoisotopic (exact) mass is 228 g/mol. The minimum Gasteiger partial charge on any atom is -0.479 e. The smallest absolute Gasteiger partial charge is 0.341 e.